The van der Waals surface area contributed by atoms with Crippen LogP contribution >= 0.6 is 0 Å². The fourth-order valence-electron chi connectivity index (χ4n) is 2.18. The van der Waals surface area contributed by atoms with E-state index in [0.717, 1.165) is 12.8 Å². The number of hydrogen-bond donors (Lipinski definition) is 0. The molecule has 3 rings (SSSR count). The molecule has 5 nitrogen and oxygen atoms in total. The van der Waals surface area contributed by atoms with Gasteiger partial charge in [-0.2, -0.15) is 4.98 Å². The maximum absolute atomic E-state index is 13.7. The average Bonchev–Trinajstić information content (AvgIpc) is 3.27. The number of rotatable bonds is 5. The Bertz CT molecular complexity index is 744. The molecule has 0 atom stereocenters. The predicted molar refractivity (Wildman–Crippen MR) is 73.0 cm³/mol. The quantitative estimate of drug-likeness (QED) is 0.793. The maximum atomic E-state index is 13.7. The molecule has 0 N–H and O–H groups in total. The second-order valence-electron chi connectivity index (χ2n) is 5.39. The van der Waals surface area contributed by atoms with Gasteiger partial charge in [0.1, 0.15) is 5.82 Å². The first-order valence-electron chi connectivity index (χ1n) is 7.26. The zero-order chi connectivity index (χ0) is 16.6. The Labute approximate surface area is 130 Å². The SMILES string of the molecule is CCN(Cc1noc(C2CC2)n1)C(=O)c1cc(F)c(F)cc1F. The molecule has 8 heteroatoms. The monoisotopic (exact) mass is 325 g/mol. The highest BCUT2D eigenvalue weighted by Crippen LogP contribution is 2.38. The topological polar surface area (TPSA) is 59.2 Å². The molecule has 1 heterocycles. The molecule has 0 aliphatic heterocycles. The molecule has 1 aromatic carbocycles. The average molecular weight is 325 g/mol. The highest BCUT2D eigenvalue weighted by molar-refractivity contribution is 5.94. The van der Waals surface area contributed by atoms with E-state index in [4.69, 9.17) is 4.52 Å². The fraction of sp³-hybridized carbons (Fsp3) is 0.400. The highest BCUT2D eigenvalue weighted by atomic mass is 19.2. The molecule has 122 valence electrons. The zero-order valence-corrected chi connectivity index (χ0v) is 12.4. The first-order chi connectivity index (χ1) is 11.0. The van der Waals surface area contributed by atoms with Crippen molar-refractivity contribution in [1.29, 1.82) is 0 Å². The molecule has 1 aliphatic rings. The van der Waals surface area contributed by atoms with E-state index in [1.165, 1.54) is 4.90 Å². The van der Waals surface area contributed by atoms with E-state index >= 15 is 0 Å². The van der Waals surface area contributed by atoms with Gasteiger partial charge in [0.15, 0.2) is 17.5 Å². The number of halogens is 3. The van der Waals surface area contributed by atoms with Crippen molar-refractivity contribution >= 4 is 5.91 Å². The van der Waals surface area contributed by atoms with Crippen LogP contribution in [0.25, 0.3) is 0 Å². The molecule has 0 spiro atoms. The van der Waals surface area contributed by atoms with Crippen LogP contribution in [0.4, 0.5) is 13.2 Å². The summed E-state index contributed by atoms with van der Waals surface area (Å²) in [5, 5.41) is 3.79. The van der Waals surface area contributed by atoms with E-state index in [0.29, 0.717) is 23.8 Å². The standard InChI is InChI=1S/C15H14F3N3O2/c1-2-21(7-13-19-14(23-20-13)8-3-4-8)15(22)9-5-11(17)12(18)6-10(9)16/h5-6,8H,2-4,7H2,1H3. The van der Waals surface area contributed by atoms with Crippen LogP contribution in [0.2, 0.25) is 0 Å². The van der Waals surface area contributed by atoms with Gasteiger partial charge >= 0.3 is 0 Å². The number of benzene rings is 1. The van der Waals surface area contributed by atoms with Crippen LogP contribution in [-0.4, -0.2) is 27.5 Å². The third-order valence-corrected chi connectivity index (χ3v) is 3.65. The second-order valence-corrected chi connectivity index (χ2v) is 5.39. The molecule has 1 amide bonds. The number of amides is 1. The van der Waals surface area contributed by atoms with Gasteiger partial charge in [0.25, 0.3) is 5.91 Å². The van der Waals surface area contributed by atoms with Crippen LogP contribution in [0, 0.1) is 17.5 Å². The van der Waals surface area contributed by atoms with E-state index in [-0.39, 0.29) is 19.0 Å². The van der Waals surface area contributed by atoms with Crippen molar-refractivity contribution in [2.24, 2.45) is 0 Å². The summed E-state index contributed by atoms with van der Waals surface area (Å²) in [5.41, 5.74) is -0.531. The van der Waals surface area contributed by atoms with Gasteiger partial charge in [0, 0.05) is 18.5 Å². The number of carbonyl (C=O) groups excluding carboxylic acids is 1. The maximum Gasteiger partial charge on any atom is 0.257 e. The molecule has 1 fully saturated rings. The van der Waals surface area contributed by atoms with Gasteiger partial charge in [-0.05, 0) is 25.8 Å². The van der Waals surface area contributed by atoms with E-state index in [9.17, 15) is 18.0 Å². The largest absolute Gasteiger partial charge is 0.339 e. The normalized spacial score (nSPS) is 14.1. The summed E-state index contributed by atoms with van der Waals surface area (Å²) in [4.78, 5) is 17.8. The molecular weight excluding hydrogens is 311 g/mol. The highest BCUT2D eigenvalue weighted by Gasteiger charge is 2.30. The second kappa shape index (κ2) is 6.02. The zero-order valence-electron chi connectivity index (χ0n) is 12.4. The summed E-state index contributed by atoms with van der Waals surface area (Å²) in [7, 11) is 0. The Balaban J connectivity index is 1.79. The molecule has 1 saturated carbocycles. The van der Waals surface area contributed by atoms with Gasteiger partial charge in [0.2, 0.25) is 5.89 Å². The first-order valence-corrected chi connectivity index (χ1v) is 7.26. The van der Waals surface area contributed by atoms with Gasteiger partial charge in [-0.3, -0.25) is 4.79 Å². The van der Waals surface area contributed by atoms with Crippen molar-refractivity contribution in [2.75, 3.05) is 6.54 Å². The van der Waals surface area contributed by atoms with Crippen LogP contribution in [0.15, 0.2) is 16.7 Å². The number of hydrogen-bond acceptors (Lipinski definition) is 4. The van der Waals surface area contributed by atoms with E-state index < -0.39 is 28.9 Å². The van der Waals surface area contributed by atoms with Crippen LogP contribution in [-0.2, 0) is 6.54 Å². The lowest BCUT2D eigenvalue weighted by molar-refractivity contribution is 0.0742. The summed E-state index contributed by atoms with van der Waals surface area (Å²) < 4.78 is 45.1. The third kappa shape index (κ3) is 3.20. The van der Waals surface area contributed by atoms with Crippen molar-refractivity contribution < 1.29 is 22.5 Å². The number of nitrogens with zero attached hydrogens (tertiary/aromatic N) is 3. The lowest BCUT2D eigenvalue weighted by Gasteiger charge is -2.19. The van der Waals surface area contributed by atoms with Crippen LogP contribution < -0.4 is 0 Å². The molecular formula is C15H14F3N3O2. The minimum Gasteiger partial charge on any atom is -0.339 e. The minimum atomic E-state index is -1.34. The Morgan fingerprint density at radius 3 is 2.61 bits per heavy atom. The molecule has 1 aromatic heterocycles. The Hall–Kier alpha value is -2.38. The molecule has 23 heavy (non-hydrogen) atoms. The van der Waals surface area contributed by atoms with Crippen molar-refractivity contribution in [3.8, 4) is 0 Å². The number of carbonyl (C=O) groups is 1. The summed E-state index contributed by atoms with van der Waals surface area (Å²) in [6.07, 6.45) is 2.00. The number of aromatic nitrogens is 2. The lowest BCUT2D eigenvalue weighted by Crippen LogP contribution is -2.31. The molecule has 2 aromatic rings. The molecule has 0 radical (unpaired) electrons. The van der Waals surface area contributed by atoms with E-state index in [2.05, 4.69) is 10.1 Å². The van der Waals surface area contributed by atoms with Gasteiger partial charge in [0.05, 0.1) is 12.1 Å². The van der Waals surface area contributed by atoms with Crippen molar-refractivity contribution in [2.45, 2.75) is 32.2 Å². The lowest BCUT2D eigenvalue weighted by atomic mass is 10.1. The Morgan fingerprint density at radius 2 is 1.96 bits per heavy atom. The van der Waals surface area contributed by atoms with Crippen molar-refractivity contribution in [3.05, 3.63) is 46.9 Å². The molecule has 0 saturated heterocycles. The summed E-state index contributed by atoms with van der Waals surface area (Å²) in [5.74, 6) is -3.38. The van der Waals surface area contributed by atoms with Crippen LogP contribution in [0.1, 0.15) is 47.8 Å². The minimum absolute atomic E-state index is 0.00396. The van der Waals surface area contributed by atoms with Crippen molar-refractivity contribution in [3.63, 3.8) is 0 Å². The first kappa shape index (κ1) is 15.5. The van der Waals surface area contributed by atoms with Gasteiger partial charge in [-0.15, -0.1) is 0 Å². The summed E-state index contributed by atoms with van der Waals surface area (Å²) in [6.45, 7) is 1.91. The third-order valence-electron chi connectivity index (χ3n) is 3.65. The molecule has 0 bridgehead atoms. The van der Waals surface area contributed by atoms with Crippen LogP contribution in [0.5, 0.6) is 0 Å². The Kier molecular flexibility index (Phi) is 4.06. The van der Waals surface area contributed by atoms with E-state index in [1.54, 1.807) is 6.92 Å². The fourth-order valence-corrected chi connectivity index (χ4v) is 2.18. The summed E-state index contributed by atoms with van der Waals surface area (Å²) in [6, 6.07) is 0.914. The Morgan fingerprint density at radius 1 is 1.26 bits per heavy atom. The predicted octanol–water partition coefficient (Wildman–Crippen LogP) is 3.03. The summed E-state index contributed by atoms with van der Waals surface area (Å²) >= 11 is 0. The molecule has 1 aliphatic carbocycles. The smallest absolute Gasteiger partial charge is 0.257 e. The van der Waals surface area contributed by atoms with Crippen molar-refractivity contribution in [1.82, 2.24) is 15.0 Å². The van der Waals surface area contributed by atoms with Gasteiger partial charge < -0.3 is 9.42 Å². The van der Waals surface area contributed by atoms with E-state index in [1.807, 2.05) is 0 Å². The van der Waals surface area contributed by atoms with Crippen LogP contribution in [0.3, 0.4) is 0 Å². The van der Waals surface area contributed by atoms with Gasteiger partial charge in [-0.1, -0.05) is 5.16 Å². The van der Waals surface area contributed by atoms with Gasteiger partial charge in [-0.25, -0.2) is 13.2 Å². The molecule has 0 unspecified atom stereocenters.